The normalized spacial score (nSPS) is 10.6. The summed E-state index contributed by atoms with van der Waals surface area (Å²) in [5.74, 6) is 0. The molecule has 0 aliphatic carbocycles. The number of hydrogen-bond donors (Lipinski definition) is 1. The monoisotopic (exact) mass is 270 g/mol. The Morgan fingerprint density at radius 1 is 1.56 bits per heavy atom. The Kier molecular flexibility index (Phi) is 5.77. The summed E-state index contributed by atoms with van der Waals surface area (Å²) in [6.07, 6.45) is 1.69. The number of aliphatic hydroxyl groups excluding tert-OH is 1. The van der Waals surface area contributed by atoms with Crippen molar-refractivity contribution in [1.82, 2.24) is 4.90 Å². The van der Waals surface area contributed by atoms with Gasteiger partial charge in [0.1, 0.15) is 0 Å². The van der Waals surface area contributed by atoms with E-state index in [1.807, 2.05) is 4.90 Å². The molecule has 0 aliphatic heterocycles. The van der Waals surface area contributed by atoms with Gasteiger partial charge in [0.05, 0.1) is 11.5 Å². The molecule has 0 aliphatic rings. The second-order valence-electron chi connectivity index (χ2n) is 3.78. The lowest BCUT2D eigenvalue weighted by Gasteiger charge is -2.19. The van der Waals surface area contributed by atoms with Crippen LogP contribution < -0.4 is 0 Å². The van der Waals surface area contributed by atoms with Crippen LogP contribution in [0.25, 0.3) is 0 Å². The fraction of sp³-hybridized carbons (Fsp3) is 0.333. The van der Waals surface area contributed by atoms with Gasteiger partial charge in [0.2, 0.25) is 0 Å². The van der Waals surface area contributed by atoms with E-state index in [-0.39, 0.29) is 12.3 Å². The highest BCUT2D eigenvalue weighted by Gasteiger charge is 2.16. The van der Waals surface area contributed by atoms with Crippen molar-refractivity contribution >= 4 is 17.3 Å². The SMILES string of the molecule is C=CCN(CCO)Cc1ccc(Cl)cc1[N+](=O)[O-]. The van der Waals surface area contributed by atoms with Gasteiger partial charge in [0.15, 0.2) is 0 Å². The lowest BCUT2D eigenvalue weighted by atomic mass is 10.1. The van der Waals surface area contributed by atoms with Crippen LogP contribution >= 0.6 is 11.6 Å². The molecule has 0 spiro atoms. The average Bonchev–Trinajstić information content (AvgIpc) is 2.32. The van der Waals surface area contributed by atoms with E-state index >= 15 is 0 Å². The van der Waals surface area contributed by atoms with E-state index in [4.69, 9.17) is 16.7 Å². The number of benzene rings is 1. The van der Waals surface area contributed by atoms with Crippen LogP contribution in [-0.2, 0) is 6.54 Å². The average molecular weight is 271 g/mol. The number of aliphatic hydroxyl groups is 1. The fourth-order valence-corrected chi connectivity index (χ4v) is 1.81. The molecule has 5 nitrogen and oxygen atoms in total. The zero-order valence-electron chi connectivity index (χ0n) is 9.88. The molecule has 0 heterocycles. The molecule has 0 saturated carbocycles. The van der Waals surface area contributed by atoms with Crippen LogP contribution in [0, 0.1) is 10.1 Å². The predicted molar refractivity (Wildman–Crippen MR) is 70.7 cm³/mol. The summed E-state index contributed by atoms with van der Waals surface area (Å²) in [7, 11) is 0. The van der Waals surface area contributed by atoms with Gasteiger partial charge < -0.3 is 5.11 Å². The van der Waals surface area contributed by atoms with Gasteiger partial charge in [-0.2, -0.15) is 0 Å². The summed E-state index contributed by atoms with van der Waals surface area (Å²) < 4.78 is 0. The van der Waals surface area contributed by atoms with Crippen molar-refractivity contribution in [2.75, 3.05) is 19.7 Å². The second-order valence-corrected chi connectivity index (χ2v) is 4.21. The van der Waals surface area contributed by atoms with Gasteiger partial charge >= 0.3 is 0 Å². The third-order valence-corrected chi connectivity index (χ3v) is 2.68. The largest absolute Gasteiger partial charge is 0.395 e. The Labute approximate surface area is 110 Å². The van der Waals surface area contributed by atoms with Crippen LogP contribution in [0.3, 0.4) is 0 Å². The highest BCUT2D eigenvalue weighted by atomic mass is 35.5. The first-order valence-corrected chi connectivity index (χ1v) is 5.83. The minimum absolute atomic E-state index is 0.00473. The zero-order chi connectivity index (χ0) is 13.5. The second kappa shape index (κ2) is 7.10. The Bertz CT molecular complexity index is 437. The first kappa shape index (κ1) is 14.6. The quantitative estimate of drug-likeness (QED) is 0.469. The van der Waals surface area contributed by atoms with Gasteiger partial charge in [0, 0.05) is 36.3 Å². The van der Waals surface area contributed by atoms with Crippen LogP contribution in [0.4, 0.5) is 5.69 Å². The maximum atomic E-state index is 10.9. The number of halogens is 1. The molecule has 1 rings (SSSR count). The molecule has 0 fully saturated rings. The van der Waals surface area contributed by atoms with E-state index in [0.717, 1.165) is 0 Å². The van der Waals surface area contributed by atoms with Crippen molar-refractivity contribution in [3.8, 4) is 0 Å². The third-order valence-electron chi connectivity index (χ3n) is 2.44. The first-order chi connectivity index (χ1) is 8.58. The molecule has 1 aromatic carbocycles. The number of hydrogen-bond acceptors (Lipinski definition) is 4. The van der Waals surface area contributed by atoms with Gasteiger partial charge in [-0.3, -0.25) is 15.0 Å². The smallest absolute Gasteiger partial charge is 0.275 e. The topological polar surface area (TPSA) is 66.6 Å². The Hall–Kier alpha value is -1.43. The highest BCUT2D eigenvalue weighted by molar-refractivity contribution is 6.30. The molecule has 6 heteroatoms. The molecule has 0 radical (unpaired) electrons. The van der Waals surface area contributed by atoms with Crippen molar-refractivity contribution in [1.29, 1.82) is 0 Å². The summed E-state index contributed by atoms with van der Waals surface area (Å²) in [6, 6.07) is 4.59. The summed E-state index contributed by atoms with van der Waals surface area (Å²) in [5.41, 5.74) is 0.564. The summed E-state index contributed by atoms with van der Waals surface area (Å²) >= 11 is 5.75. The minimum atomic E-state index is -0.452. The number of nitrogens with zero attached hydrogens (tertiary/aromatic N) is 2. The molecule has 1 N–H and O–H groups in total. The third kappa shape index (κ3) is 4.10. The summed E-state index contributed by atoms with van der Waals surface area (Å²) in [4.78, 5) is 12.3. The number of nitro benzene ring substituents is 1. The van der Waals surface area contributed by atoms with Crippen LogP contribution in [0.2, 0.25) is 5.02 Å². The van der Waals surface area contributed by atoms with Gasteiger partial charge in [-0.25, -0.2) is 0 Å². The maximum absolute atomic E-state index is 10.9. The van der Waals surface area contributed by atoms with E-state index in [1.54, 1.807) is 18.2 Å². The molecule has 0 bridgehead atoms. The van der Waals surface area contributed by atoms with Crippen molar-refractivity contribution in [3.05, 3.63) is 51.6 Å². The Morgan fingerprint density at radius 3 is 2.83 bits per heavy atom. The van der Waals surface area contributed by atoms with Gasteiger partial charge in [-0.05, 0) is 12.1 Å². The molecule has 18 heavy (non-hydrogen) atoms. The Balaban J connectivity index is 2.93. The van der Waals surface area contributed by atoms with Gasteiger partial charge in [-0.1, -0.05) is 17.7 Å². The molecular weight excluding hydrogens is 256 g/mol. The van der Waals surface area contributed by atoms with E-state index in [2.05, 4.69) is 6.58 Å². The summed E-state index contributed by atoms with van der Waals surface area (Å²) in [6.45, 7) is 4.98. The first-order valence-electron chi connectivity index (χ1n) is 5.45. The van der Waals surface area contributed by atoms with Crippen molar-refractivity contribution in [2.24, 2.45) is 0 Å². The van der Waals surface area contributed by atoms with E-state index < -0.39 is 4.92 Å². The van der Waals surface area contributed by atoms with Crippen LogP contribution in [-0.4, -0.2) is 34.6 Å². The minimum Gasteiger partial charge on any atom is -0.395 e. The van der Waals surface area contributed by atoms with E-state index in [1.165, 1.54) is 6.07 Å². The molecule has 98 valence electrons. The van der Waals surface area contributed by atoms with Gasteiger partial charge in [-0.15, -0.1) is 6.58 Å². The molecule has 0 aromatic heterocycles. The molecule has 0 amide bonds. The molecule has 0 unspecified atom stereocenters. The van der Waals surface area contributed by atoms with E-state index in [0.29, 0.717) is 30.2 Å². The van der Waals surface area contributed by atoms with E-state index in [9.17, 15) is 10.1 Å². The van der Waals surface area contributed by atoms with Crippen LogP contribution in [0.1, 0.15) is 5.56 Å². The van der Waals surface area contributed by atoms with Crippen molar-refractivity contribution in [2.45, 2.75) is 6.54 Å². The van der Waals surface area contributed by atoms with Gasteiger partial charge in [0.25, 0.3) is 5.69 Å². The van der Waals surface area contributed by atoms with Crippen LogP contribution in [0.15, 0.2) is 30.9 Å². The standard InChI is InChI=1S/C12H15ClN2O3/c1-2-5-14(6-7-16)9-10-3-4-11(13)8-12(10)15(17)18/h2-4,8,16H,1,5-7,9H2. The Morgan fingerprint density at radius 2 is 2.28 bits per heavy atom. The molecule has 1 aromatic rings. The number of rotatable bonds is 7. The lowest BCUT2D eigenvalue weighted by molar-refractivity contribution is -0.385. The molecule has 0 atom stereocenters. The fourth-order valence-electron chi connectivity index (χ4n) is 1.64. The molecular formula is C12H15ClN2O3. The number of nitro groups is 1. The molecule has 0 saturated heterocycles. The highest BCUT2D eigenvalue weighted by Crippen LogP contribution is 2.24. The zero-order valence-corrected chi connectivity index (χ0v) is 10.6. The maximum Gasteiger partial charge on any atom is 0.275 e. The van der Waals surface area contributed by atoms with Crippen LogP contribution in [0.5, 0.6) is 0 Å². The summed E-state index contributed by atoms with van der Waals surface area (Å²) in [5, 5.41) is 20.2. The van der Waals surface area contributed by atoms with Crippen molar-refractivity contribution < 1.29 is 10.0 Å². The predicted octanol–water partition coefficient (Wildman–Crippen LogP) is 2.23. The van der Waals surface area contributed by atoms with Crippen molar-refractivity contribution in [3.63, 3.8) is 0 Å². The lowest BCUT2D eigenvalue weighted by Crippen LogP contribution is -2.26.